The van der Waals surface area contributed by atoms with E-state index in [-0.39, 0.29) is 17.7 Å². The predicted octanol–water partition coefficient (Wildman–Crippen LogP) is 3.09. The van der Waals surface area contributed by atoms with E-state index < -0.39 is 0 Å². The summed E-state index contributed by atoms with van der Waals surface area (Å²) in [4.78, 5) is 11.8. The Morgan fingerprint density at radius 1 is 1.41 bits per heavy atom. The summed E-state index contributed by atoms with van der Waals surface area (Å²) in [5.41, 5.74) is 0.507. The van der Waals surface area contributed by atoms with Gasteiger partial charge in [0.1, 0.15) is 5.75 Å². The van der Waals surface area contributed by atoms with Crippen LogP contribution in [0.4, 0.5) is 0 Å². The van der Waals surface area contributed by atoms with E-state index >= 15 is 0 Å². The molecule has 0 bridgehead atoms. The number of nitrogens with one attached hydrogen (secondary N) is 1. The summed E-state index contributed by atoms with van der Waals surface area (Å²) in [6.07, 6.45) is 4.52. The van der Waals surface area contributed by atoms with Gasteiger partial charge in [-0.1, -0.05) is 32.3 Å². The molecule has 3 heteroatoms. The van der Waals surface area contributed by atoms with Gasteiger partial charge in [-0.25, -0.2) is 0 Å². The molecule has 1 aromatic carbocycles. The topological polar surface area (TPSA) is 49.3 Å². The summed E-state index contributed by atoms with van der Waals surface area (Å²) >= 11 is 0. The Balaban J connectivity index is 2.43. The lowest BCUT2D eigenvalue weighted by atomic mass is 10.1. The van der Waals surface area contributed by atoms with Crippen LogP contribution in [0.5, 0.6) is 5.75 Å². The van der Waals surface area contributed by atoms with Gasteiger partial charge in [0.25, 0.3) is 5.91 Å². The van der Waals surface area contributed by atoms with Crippen molar-refractivity contribution in [2.75, 3.05) is 0 Å². The molecule has 1 rings (SSSR count). The Morgan fingerprint density at radius 2 is 2.18 bits per heavy atom. The van der Waals surface area contributed by atoms with Gasteiger partial charge in [0.05, 0.1) is 0 Å². The molecule has 1 unspecified atom stereocenters. The third-order valence-electron chi connectivity index (χ3n) is 2.73. The van der Waals surface area contributed by atoms with Gasteiger partial charge in [0, 0.05) is 11.6 Å². The first-order valence-corrected chi connectivity index (χ1v) is 6.23. The highest BCUT2D eigenvalue weighted by atomic mass is 16.3. The van der Waals surface area contributed by atoms with Crippen LogP contribution in [0.3, 0.4) is 0 Å². The summed E-state index contributed by atoms with van der Waals surface area (Å²) in [6.45, 7) is 4.17. The first-order valence-electron chi connectivity index (χ1n) is 6.23. The number of benzene rings is 1. The van der Waals surface area contributed by atoms with Crippen LogP contribution in [0.1, 0.15) is 49.9 Å². The number of carbonyl (C=O) groups excluding carboxylic acids is 1. The SMILES string of the molecule is CCCCCC(C)NC(=O)c1cccc(O)c1. The fourth-order valence-electron chi connectivity index (χ4n) is 1.73. The van der Waals surface area contributed by atoms with Crippen LogP contribution < -0.4 is 5.32 Å². The van der Waals surface area contributed by atoms with Gasteiger partial charge in [0.15, 0.2) is 0 Å². The van der Waals surface area contributed by atoms with Crippen molar-refractivity contribution in [3.8, 4) is 5.75 Å². The van der Waals surface area contributed by atoms with Crippen LogP contribution in [-0.4, -0.2) is 17.1 Å². The molecule has 0 radical (unpaired) electrons. The van der Waals surface area contributed by atoms with Crippen molar-refractivity contribution < 1.29 is 9.90 Å². The number of unbranched alkanes of at least 4 members (excludes halogenated alkanes) is 2. The molecule has 2 N–H and O–H groups in total. The normalized spacial score (nSPS) is 12.1. The van der Waals surface area contributed by atoms with Crippen LogP contribution in [0.15, 0.2) is 24.3 Å². The van der Waals surface area contributed by atoms with Gasteiger partial charge in [-0.2, -0.15) is 0 Å². The van der Waals surface area contributed by atoms with Gasteiger partial charge in [-0.3, -0.25) is 4.79 Å². The number of amides is 1. The molecule has 1 atom stereocenters. The Labute approximate surface area is 103 Å². The number of carbonyl (C=O) groups is 1. The molecule has 0 spiro atoms. The lowest BCUT2D eigenvalue weighted by molar-refractivity contribution is 0.0937. The quantitative estimate of drug-likeness (QED) is 0.744. The van der Waals surface area contributed by atoms with Crippen LogP contribution in [0.2, 0.25) is 0 Å². The highest BCUT2D eigenvalue weighted by Crippen LogP contribution is 2.11. The molecule has 0 saturated heterocycles. The molecule has 1 amide bonds. The van der Waals surface area contributed by atoms with Gasteiger partial charge < -0.3 is 10.4 Å². The molecular weight excluding hydrogens is 214 g/mol. The molecule has 1 aromatic rings. The van der Waals surface area contributed by atoms with Gasteiger partial charge in [0.2, 0.25) is 0 Å². The van der Waals surface area contributed by atoms with E-state index in [1.165, 1.54) is 18.9 Å². The van der Waals surface area contributed by atoms with E-state index in [1.54, 1.807) is 18.2 Å². The van der Waals surface area contributed by atoms with Crippen molar-refractivity contribution in [1.29, 1.82) is 0 Å². The van der Waals surface area contributed by atoms with Crippen molar-refractivity contribution in [2.45, 2.75) is 45.6 Å². The summed E-state index contributed by atoms with van der Waals surface area (Å²) in [7, 11) is 0. The Bertz CT molecular complexity index is 363. The maximum atomic E-state index is 11.8. The molecule has 0 fully saturated rings. The number of hydrogen-bond donors (Lipinski definition) is 2. The molecule has 17 heavy (non-hydrogen) atoms. The van der Waals surface area contributed by atoms with Crippen molar-refractivity contribution in [2.24, 2.45) is 0 Å². The standard InChI is InChI=1S/C14H21NO2/c1-3-4-5-7-11(2)15-14(17)12-8-6-9-13(16)10-12/h6,8-11,16H,3-5,7H2,1-2H3,(H,15,17). The molecule has 0 aliphatic carbocycles. The summed E-state index contributed by atoms with van der Waals surface area (Å²) in [5.74, 6) is 0.00110. The van der Waals surface area contributed by atoms with Gasteiger partial charge in [-0.15, -0.1) is 0 Å². The van der Waals surface area contributed by atoms with Crippen LogP contribution in [0, 0.1) is 0 Å². The minimum absolute atomic E-state index is 0.120. The smallest absolute Gasteiger partial charge is 0.251 e. The maximum Gasteiger partial charge on any atom is 0.251 e. The zero-order chi connectivity index (χ0) is 12.7. The van der Waals surface area contributed by atoms with E-state index in [1.807, 2.05) is 6.92 Å². The summed E-state index contributed by atoms with van der Waals surface area (Å²) in [5, 5.41) is 12.2. The van der Waals surface area contributed by atoms with Crippen LogP contribution in [0.25, 0.3) is 0 Å². The Morgan fingerprint density at radius 3 is 2.82 bits per heavy atom. The second-order valence-electron chi connectivity index (χ2n) is 4.42. The van der Waals surface area contributed by atoms with Crippen LogP contribution >= 0.6 is 0 Å². The molecule has 0 heterocycles. The largest absolute Gasteiger partial charge is 0.508 e. The van der Waals surface area contributed by atoms with Crippen LogP contribution in [-0.2, 0) is 0 Å². The number of aromatic hydroxyl groups is 1. The number of phenolic OH excluding ortho intramolecular Hbond substituents is 1. The number of rotatable bonds is 6. The third-order valence-corrected chi connectivity index (χ3v) is 2.73. The highest BCUT2D eigenvalue weighted by Gasteiger charge is 2.09. The monoisotopic (exact) mass is 235 g/mol. The average molecular weight is 235 g/mol. The molecule has 0 aromatic heterocycles. The Hall–Kier alpha value is -1.51. The minimum Gasteiger partial charge on any atom is -0.508 e. The molecule has 0 aliphatic heterocycles. The molecule has 94 valence electrons. The van der Waals surface area contributed by atoms with Crippen molar-refractivity contribution in [1.82, 2.24) is 5.32 Å². The maximum absolute atomic E-state index is 11.8. The zero-order valence-corrected chi connectivity index (χ0v) is 10.6. The second-order valence-corrected chi connectivity index (χ2v) is 4.42. The summed E-state index contributed by atoms with van der Waals surface area (Å²) in [6, 6.07) is 6.59. The molecule has 0 saturated carbocycles. The first kappa shape index (κ1) is 13.6. The average Bonchev–Trinajstić information content (AvgIpc) is 2.29. The fraction of sp³-hybridized carbons (Fsp3) is 0.500. The van der Waals surface area contributed by atoms with E-state index in [0.29, 0.717) is 5.56 Å². The first-order chi connectivity index (χ1) is 8.13. The molecule has 3 nitrogen and oxygen atoms in total. The van der Waals surface area contributed by atoms with Gasteiger partial charge >= 0.3 is 0 Å². The zero-order valence-electron chi connectivity index (χ0n) is 10.6. The number of phenols is 1. The minimum atomic E-state index is -0.120. The molecule has 0 aliphatic rings. The van der Waals surface area contributed by atoms with Gasteiger partial charge in [-0.05, 0) is 31.5 Å². The van der Waals surface area contributed by atoms with Crippen molar-refractivity contribution in [3.63, 3.8) is 0 Å². The predicted molar refractivity (Wildman–Crippen MR) is 69.2 cm³/mol. The number of hydrogen-bond acceptors (Lipinski definition) is 2. The van der Waals surface area contributed by atoms with E-state index in [4.69, 9.17) is 0 Å². The van der Waals surface area contributed by atoms with E-state index in [9.17, 15) is 9.90 Å². The lowest BCUT2D eigenvalue weighted by Crippen LogP contribution is -2.32. The lowest BCUT2D eigenvalue weighted by Gasteiger charge is -2.13. The van der Waals surface area contributed by atoms with Crippen molar-refractivity contribution in [3.05, 3.63) is 29.8 Å². The fourth-order valence-corrected chi connectivity index (χ4v) is 1.73. The molecular formula is C14H21NO2. The summed E-state index contributed by atoms with van der Waals surface area (Å²) < 4.78 is 0. The third kappa shape index (κ3) is 4.89. The Kier molecular flexibility index (Phi) is 5.53. The van der Waals surface area contributed by atoms with E-state index in [2.05, 4.69) is 12.2 Å². The van der Waals surface area contributed by atoms with Crippen molar-refractivity contribution >= 4 is 5.91 Å². The highest BCUT2D eigenvalue weighted by molar-refractivity contribution is 5.94. The second kappa shape index (κ2) is 6.94. The van der Waals surface area contributed by atoms with E-state index in [0.717, 1.165) is 12.8 Å².